The molecule has 7 nitrogen and oxygen atoms in total. The third-order valence-corrected chi connectivity index (χ3v) is 6.07. The molecule has 0 aromatic heterocycles. The molecule has 0 fully saturated rings. The van der Waals surface area contributed by atoms with Crippen molar-refractivity contribution >= 4 is 17.7 Å². The Morgan fingerprint density at radius 2 is 1.58 bits per heavy atom. The van der Waals surface area contributed by atoms with E-state index in [0.29, 0.717) is 49.5 Å². The zero-order valence-electron chi connectivity index (χ0n) is 23.8. The Balaban J connectivity index is 3.01. The second-order valence-electron chi connectivity index (χ2n) is 11.7. The van der Waals surface area contributed by atoms with Crippen molar-refractivity contribution in [3.05, 3.63) is 35.4 Å². The highest BCUT2D eigenvalue weighted by atomic mass is 16.2. The number of amides is 3. The highest BCUT2D eigenvalue weighted by Gasteiger charge is 2.29. The summed E-state index contributed by atoms with van der Waals surface area (Å²) in [6.07, 6.45) is 2.89. The fourth-order valence-corrected chi connectivity index (χ4v) is 4.21. The molecule has 3 atom stereocenters. The van der Waals surface area contributed by atoms with Gasteiger partial charge in [0, 0.05) is 48.8 Å². The molecule has 1 aromatic rings. The molecule has 1 aromatic carbocycles. The standard InChI is InChI=1S/C29H50N4O3/c1-9-14-33(15-10-2)28(36)23-13-11-12-22(17-23)27(35)32-25(18-29(6,7)8)24(30)16-21(5)26(34)31-19-20(3)4/h11-13,17,20-21,24-25H,9-10,14-16,18-19,30H2,1-8H3,(H,31,34)(H,32,35)/t21-,24+,25+/m1/s1. The smallest absolute Gasteiger partial charge is 0.253 e. The molecule has 7 heteroatoms. The number of benzene rings is 1. The van der Waals surface area contributed by atoms with Crippen LogP contribution in [0.1, 0.15) is 102 Å². The van der Waals surface area contributed by atoms with Crippen LogP contribution in [0, 0.1) is 17.3 Å². The van der Waals surface area contributed by atoms with Gasteiger partial charge in [0.05, 0.1) is 0 Å². The Morgan fingerprint density at radius 1 is 1.00 bits per heavy atom. The predicted octanol–water partition coefficient (Wildman–Crippen LogP) is 4.61. The molecule has 1 rings (SSSR count). The van der Waals surface area contributed by atoms with Crippen molar-refractivity contribution in [1.29, 1.82) is 0 Å². The molecule has 36 heavy (non-hydrogen) atoms. The van der Waals surface area contributed by atoms with Crippen molar-refractivity contribution in [1.82, 2.24) is 15.5 Å². The van der Waals surface area contributed by atoms with Crippen LogP contribution >= 0.6 is 0 Å². The van der Waals surface area contributed by atoms with Crippen LogP contribution in [0.3, 0.4) is 0 Å². The van der Waals surface area contributed by atoms with E-state index in [1.54, 1.807) is 24.3 Å². The topological polar surface area (TPSA) is 105 Å². The summed E-state index contributed by atoms with van der Waals surface area (Å²) in [6.45, 7) is 18.4. The second-order valence-corrected chi connectivity index (χ2v) is 11.7. The van der Waals surface area contributed by atoms with Crippen LogP contribution in [0.25, 0.3) is 0 Å². The monoisotopic (exact) mass is 502 g/mol. The Hall–Kier alpha value is -2.41. The normalized spacial score (nSPS) is 14.2. The molecule has 204 valence electrons. The van der Waals surface area contributed by atoms with E-state index in [4.69, 9.17) is 5.73 Å². The Morgan fingerprint density at radius 3 is 2.11 bits per heavy atom. The van der Waals surface area contributed by atoms with Gasteiger partial charge >= 0.3 is 0 Å². The maximum Gasteiger partial charge on any atom is 0.253 e. The minimum Gasteiger partial charge on any atom is -0.356 e. The first-order chi connectivity index (χ1) is 16.8. The Kier molecular flexibility index (Phi) is 13.2. The summed E-state index contributed by atoms with van der Waals surface area (Å²) in [7, 11) is 0. The van der Waals surface area contributed by atoms with E-state index in [9.17, 15) is 14.4 Å². The minimum atomic E-state index is -0.387. The van der Waals surface area contributed by atoms with Gasteiger partial charge in [-0.2, -0.15) is 0 Å². The molecule has 0 heterocycles. The van der Waals surface area contributed by atoms with Gasteiger partial charge in [-0.3, -0.25) is 14.4 Å². The summed E-state index contributed by atoms with van der Waals surface area (Å²) in [5.41, 5.74) is 7.45. The number of carbonyl (C=O) groups excluding carboxylic acids is 3. The summed E-state index contributed by atoms with van der Waals surface area (Å²) < 4.78 is 0. The molecule has 0 radical (unpaired) electrons. The summed E-state index contributed by atoms with van der Waals surface area (Å²) in [5, 5.41) is 6.08. The number of nitrogens with one attached hydrogen (secondary N) is 2. The second kappa shape index (κ2) is 15.0. The lowest BCUT2D eigenvalue weighted by atomic mass is 9.83. The van der Waals surface area contributed by atoms with Crippen molar-refractivity contribution in [3.63, 3.8) is 0 Å². The quantitative estimate of drug-likeness (QED) is 0.345. The molecule has 0 saturated heterocycles. The van der Waals surface area contributed by atoms with Gasteiger partial charge in [0.2, 0.25) is 5.91 Å². The number of hydrogen-bond acceptors (Lipinski definition) is 4. The third-order valence-electron chi connectivity index (χ3n) is 6.07. The first-order valence-corrected chi connectivity index (χ1v) is 13.5. The SMILES string of the molecule is CCCN(CCC)C(=O)c1cccc(C(=O)N[C@@H](CC(C)(C)C)[C@@H](N)C[C@@H](C)C(=O)NCC(C)C)c1. The van der Waals surface area contributed by atoms with Crippen molar-refractivity contribution in [2.24, 2.45) is 23.0 Å². The van der Waals surface area contributed by atoms with Crippen LogP contribution in [0.2, 0.25) is 0 Å². The summed E-state index contributed by atoms with van der Waals surface area (Å²) in [5.74, 6) is -0.222. The third kappa shape index (κ3) is 11.1. The van der Waals surface area contributed by atoms with Crippen LogP contribution in [0.5, 0.6) is 0 Å². The van der Waals surface area contributed by atoms with Crippen LogP contribution in [-0.4, -0.2) is 54.3 Å². The van der Waals surface area contributed by atoms with E-state index in [2.05, 4.69) is 45.3 Å². The van der Waals surface area contributed by atoms with E-state index in [-0.39, 0.29) is 41.1 Å². The molecular weight excluding hydrogens is 452 g/mol. The number of carbonyl (C=O) groups is 3. The van der Waals surface area contributed by atoms with Crippen LogP contribution < -0.4 is 16.4 Å². The molecule has 0 aliphatic heterocycles. The van der Waals surface area contributed by atoms with E-state index in [1.165, 1.54) is 0 Å². The van der Waals surface area contributed by atoms with Crippen LogP contribution in [0.15, 0.2) is 24.3 Å². The van der Waals surface area contributed by atoms with Crippen molar-refractivity contribution in [2.45, 2.75) is 93.2 Å². The number of hydrogen-bond donors (Lipinski definition) is 3. The predicted molar refractivity (Wildman–Crippen MR) is 148 cm³/mol. The largest absolute Gasteiger partial charge is 0.356 e. The lowest BCUT2D eigenvalue weighted by Crippen LogP contribution is -2.51. The maximum absolute atomic E-state index is 13.3. The van der Waals surface area contributed by atoms with Gasteiger partial charge < -0.3 is 21.3 Å². The van der Waals surface area contributed by atoms with Gasteiger partial charge in [-0.15, -0.1) is 0 Å². The molecule has 0 bridgehead atoms. The van der Waals surface area contributed by atoms with Crippen molar-refractivity contribution in [3.8, 4) is 0 Å². The summed E-state index contributed by atoms with van der Waals surface area (Å²) in [6, 6.07) is 6.19. The summed E-state index contributed by atoms with van der Waals surface area (Å²) >= 11 is 0. The lowest BCUT2D eigenvalue weighted by molar-refractivity contribution is -0.125. The highest BCUT2D eigenvalue weighted by Crippen LogP contribution is 2.24. The molecule has 0 aliphatic rings. The molecule has 4 N–H and O–H groups in total. The number of nitrogens with zero attached hydrogens (tertiary/aromatic N) is 1. The van der Waals surface area contributed by atoms with E-state index in [0.717, 1.165) is 12.8 Å². The van der Waals surface area contributed by atoms with Gasteiger partial charge in [0.25, 0.3) is 11.8 Å². The van der Waals surface area contributed by atoms with Crippen molar-refractivity contribution < 1.29 is 14.4 Å². The fraction of sp³-hybridized carbons (Fsp3) is 0.690. The highest BCUT2D eigenvalue weighted by molar-refractivity contribution is 5.99. The maximum atomic E-state index is 13.3. The van der Waals surface area contributed by atoms with Gasteiger partial charge in [0.1, 0.15) is 0 Å². The molecule has 0 spiro atoms. The summed E-state index contributed by atoms with van der Waals surface area (Å²) in [4.78, 5) is 40.6. The zero-order chi connectivity index (χ0) is 27.5. The van der Waals surface area contributed by atoms with Gasteiger partial charge in [-0.25, -0.2) is 0 Å². The lowest BCUT2D eigenvalue weighted by Gasteiger charge is -2.32. The fourth-order valence-electron chi connectivity index (χ4n) is 4.21. The Bertz CT molecular complexity index is 841. The minimum absolute atomic E-state index is 0.0186. The van der Waals surface area contributed by atoms with E-state index in [1.807, 2.05) is 25.7 Å². The van der Waals surface area contributed by atoms with E-state index >= 15 is 0 Å². The van der Waals surface area contributed by atoms with Gasteiger partial charge in [-0.05, 0) is 55.2 Å². The first kappa shape index (κ1) is 31.6. The average Bonchev–Trinajstić information content (AvgIpc) is 2.80. The molecule has 3 amide bonds. The average molecular weight is 503 g/mol. The number of nitrogens with two attached hydrogens (primary N) is 1. The zero-order valence-corrected chi connectivity index (χ0v) is 23.8. The van der Waals surface area contributed by atoms with E-state index < -0.39 is 0 Å². The van der Waals surface area contributed by atoms with Crippen LogP contribution in [-0.2, 0) is 4.79 Å². The molecule has 0 aliphatic carbocycles. The Labute approximate surface area is 219 Å². The van der Waals surface area contributed by atoms with Crippen LogP contribution in [0.4, 0.5) is 0 Å². The van der Waals surface area contributed by atoms with Gasteiger partial charge in [0.15, 0.2) is 0 Å². The van der Waals surface area contributed by atoms with Gasteiger partial charge in [-0.1, -0.05) is 61.5 Å². The first-order valence-electron chi connectivity index (χ1n) is 13.5. The molecule has 0 saturated carbocycles. The van der Waals surface area contributed by atoms with Crippen molar-refractivity contribution in [2.75, 3.05) is 19.6 Å². The molecular formula is C29H50N4O3. The molecule has 0 unspecified atom stereocenters. The number of rotatable bonds is 14.